The molecule has 116 valence electrons. The van der Waals surface area contributed by atoms with Crippen molar-refractivity contribution < 1.29 is 9.90 Å². The van der Waals surface area contributed by atoms with E-state index in [9.17, 15) is 9.90 Å². The molecule has 1 saturated carbocycles. The van der Waals surface area contributed by atoms with E-state index < -0.39 is 0 Å². The van der Waals surface area contributed by atoms with E-state index in [1.807, 2.05) is 6.07 Å². The van der Waals surface area contributed by atoms with Crippen LogP contribution in [0.2, 0.25) is 0 Å². The lowest BCUT2D eigenvalue weighted by atomic mass is 9.76. The molecule has 2 rings (SSSR count). The van der Waals surface area contributed by atoms with Crippen molar-refractivity contribution >= 4 is 17.3 Å². The van der Waals surface area contributed by atoms with Crippen LogP contribution in [-0.4, -0.2) is 30.2 Å². The van der Waals surface area contributed by atoms with Gasteiger partial charge in [0.25, 0.3) is 5.91 Å². The van der Waals surface area contributed by atoms with Gasteiger partial charge in [0.1, 0.15) is 0 Å². The first-order chi connectivity index (χ1) is 9.99. The molecule has 1 aromatic carbocycles. The fourth-order valence-electron chi connectivity index (χ4n) is 3.20. The first kappa shape index (κ1) is 15.6. The summed E-state index contributed by atoms with van der Waals surface area (Å²) in [4.78, 5) is 11.6. The lowest BCUT2D eigenvalue weighted by Gasteiger charge is -2.40. The number of nitrogens with two attached hydrogens (primary N) is 1. The number of anilines is 2. The Labute approximate surface area is 125 Å². The summed E-state index contributed by atoms with van der Waals surface area (Å²) in [5.74, 6) is 0.432. The smallest absolute Gasteiger partial charge is 0.251 e. The number of carbonyl (C=O) groups excluding carboxylic acids is 1. The van der Waals surface area contributed by atoms with Gasteiger partial charge >= 0.3 is 0 Å². The van der Waals surface area contributed by atoms with E-state index in [-0.39, 0.29) is 18.1 Å². The van der Waals surface area contributed by atoms with E-state index in [1.165, 1.54) is 6.42 Å². The summed E-state index contributed by atoms with van der Waals surface area (Å²) >= 11 is 0. The Kier molecular flexibility index (Phi) is 4.73. The van der Waals surface area contributed by atoms with Crippen molar-refractivity contribution in [3.05, 3.63) is 23.8 Å². The topological polar surface area (TPSA) is 87.4 Å². The standard InChI is InChI=1S/C16H25N3O2/c1-11-4-3-7-16(9-11,10-20)19-14-6-5-12(8-13(14)17)15(21)18-2/h5-6,8,11,19-20H,3-4,7,9-10,17H2,1-2H3,(H,18,21). The zero-order valence-electron chi connectivity index (χ0n) is 12.8. The summed E-state index contributed by atoms with van der Waals surface area (Å²) < 4.78 is 0. The molecule has 21 heavy (non-hydrogen) atoms. The van der Waals surface area contributed by atoms with Crippen molar-refractivity contribution in [2.24, 2.45) is 5.92 Å². The van der Waals surface area contributed by atoms with Gasteiger partial charge in [-0.15, -0.1) is 0 Å². The largest absolute Gasteiger partial charge is 0.397 e. The highest BCUT2D eigenvalue weighted by Crippen LogP contribution is 2.36. The van der Waals surface area contributed by atoms with Gasteiger partial charge in [-0.05, 0) is 37.0 Å². The summed E-state index contributed by atoms with van der Waals surface area (Å²) in [5, 5.41) is 15.8. The number of amides is 1. The van der Waals surface area contributed by atoms with Crippen LogP contribution in [0.1, 0.15) is 43.0 Å². The molecular weight excluding hydrogens is 266 g/mol. The van der Waals surface area contributed by atoms with Gasteiger partial charge in [0.2, 0.25) is 0 Å². The normalized spacial score (nSPS) is 25.4. The Morgan fingerprint density at radius 1 is 1.52 bits per heavy atom. The van der Waals surface area contributed by atoms with E-state index in [0.29, 0.717) is 17.2 Å². The Balaban J connectivity index is 2.20. The first-order valence-corrected chi connectivity index (χ1v) is 7.50. The predicted octanol–water partition coefficient (Wildman–Crippen LogP) is 1.98. The molecule has 2 atom stereocenters. The quantitative estimate of drug-likeness (QED) is 0.639. The van der Waals surface area contributed by atoms with Crippen LogP contribution in [0.4, 0.5) is 11.4 Å². The molecule has 5 N–H and O–H groups in total. The second kappa shape index (κ2) is 6.35. The van der Waals surface area contributed by atoms with Crippen molar-refractivity contribution in [3.63, 3.8) is 0 Å². The van der Waals surface area contributed by atoms with Crippen LogP contribution >= 0.6 is 0 Å². The molecule has 0 heterocycles. The van der Waals surface area contributed by atoms with Gasteiger partial charge in [-0.25, -0.2) is 0 Å². The number of aliphatic hydroxyl groups is 1. The minimum Gasteiger partial charge on any atom is -0.397 e. The van der Waals surface area contributed by atoms with E-state index in [4.69, 9.17) is 5.73 Å². The molecule has 0 aliphatic heterocycles. The number of aliphatic hydroxyl groups excluding tert-OH is 1. The van der Waals surface area contributed by atoms with Gasteiger partial charge in [-0.1, -0.05) is 19.8 Å². The Morgan fingerprint density at radius 2 is 2.29 bits per heavy atom. The van der Waals surface area contributed by atoms with Gasteiger partial charge in [-0.3, -0.25) is 4.79 Å². The molecule has 5 nitrogen and oxygen atoms in total. The van der Waals surface area contributed by atoms with E-state index in [2.05, 4.69) is 17.6 Å². The second-order valence-corrected chi connectivity index (χ2v) is 6.15. The number of benzene rings is 1. The fourth-order valence-corrected chi connectivity index (χ4v) is 3.20. The van der Waals surface area contributed by atoms with Gasteiger partial charge in [0.15, 0.2) is 0 Å². The number of rotatable bonds is 4. The molecule has 0 aromatic heterocycles. The third-order valence-electron chi connectivity index (χ3n) is 4.33. The molecular formula is C16H25N3O2. The maximum absolute atomic E-state index is 11.6. The molecule has 1 aliphatic rings. The SMILES string of the molecule is CNC(=O)c1ccc(NC2(CO)CCCC(C)C2)c(N)c1. The van der Waals surface area contributed by atoms with Crippen LogP contribution in [0.15, 0.2) is 18.2 Å². The molecule has 1 amide bonds. The Hall–Kier alpha value is -1.75. The van der Waals surface area contributed by atoms with Crippen molar-refractivity contribution in [1.29, 1.82) is 0 Å². The maximum atomic E-state index is 11.6. The monoisotopic (exact) mass is 291 g/mol. The van der Waals surface area contributed by atoms with E-state index >= 15 is 0 Å². The molecule has 0 bridgehead atoms. The number of hydrogen-bond acceptors (Lipinski definition) is 4. The number of carbonyl (C=O) groups is 1. The van der Waals surface area contributed by atoms with Crippen LogP contribution in [-0.2, 0) is 0 Å². The highest BCUT2D eigenvalue weighted by atomic mass is 16.3. The van der Waals surface area contributed by atoms with Crippen molar-refractivity contribution in [3.8, 4) is 0 Å². The second-order valence-electron chi connectivity index (χ2n) is 6.15. The van der Waals surface area contributed by atoms with Gasteiger partial charge in [-0.2, -0.15) is 0 Å². The molecule has 0 spiro atoms. The third-order valence-corrected chi connectivity index (χ3v) is 4.33. The molecule has 5 heteroatoms. The van der Waals surface area contributed by atoms with E-state index in [0.717, 1.165) is 24.9 Å². The Bertz CT molecular complexity index is 518. The lowest BCUT2D eigenvalue weighted by Crippen LogP contribution is -2.46. The minimum absolute atomic E-state index is 0.0912. The molecule has 1 aliphatic carbocycles. The van der Waals surface area contributed by atoms with Crippen LogP contribution in [0.25, 0.3) is 0 Å². The molecule has 1 fully saturated rings. The summed E-state index contributed by atoms with van der Waals surface area (Å²) in [5.41, 5.74) is 7.60. The Morgan fingerprint density at radius 3 is 2.86 bits per heavy atom. The molecule has 0 radical (unpaired) electrons. The van der Waals surface area contributed by atoms with Gasteiger partial charge < -0.3 is 21.5 Å². The number of hydrogen-bond donors (Lipinski definition) is 4. The summed E-state index contributed by atoms with van der Waals surface area (Å²) in [6.07, 6.45) is 4.17. The fraction of sp³-hybridized carbons (Fsp3) is 0.562. The summed E-state index contributed by atoms with van der Waals surface area (Å²) in [6.45, 7) is 2.30. The molecule has 0 saturated heterocycles. The van der Waals surface area contributed by atoms with Crippen molar-refractivity contribution in [2.45, 2.75) is 38.1 Å². The third kappa shape index (κ3) is 3.47. The van der Waals surface area contributed by atoms with Crippen LogP contribution < -0.4 is 16.4 Å². The average molecular weight is 291 g/mol. The van der Waals surface area contributed by atoms with Gasteiger partial charge in [0, 0.05) is 12.6 Å². The van der Waals surface area contributed by atoms with Crippen LogP contribution in [0.5, 0.6) is 0 Å². The average Bonchev–Trinajstić information content (AvgIpc) is 2.48. The number of nitrogen functional groups attached to an aromatic ring is 1. The molecule has 1 aromatic rings. The summed E-state index contributed by atoms with van der Waals surface area (Å²) in [6, 6.07) is 5.23. The van der Waals surface area contributed by atoms with E-state index in [1.54, 1.807) is 19.2 Å². The van der Waals surface area contributed by atoms with Crippen LogP contribution in [0.3, 0.4) is 0 Å². The number of nitrogens with one attached hydrogen (secondary N) is 2. The molecule has 2 unspecified atom stereocenters. The highest BCUT2D eigenvalue weighted by molar-refractivity contribution is 5.95. The highest BCUT2D eigenvalue weighted by Gasteiger charge is 2.34. The first-order valence-electron chi connectivity index (χ1n) is 7.50. The lowest BCUT2D eigenvalue weighted by molar-refractivity contribution is 0.0963. The zero-order valence-corrected chi connectivity index (χ0v) is 12.8. The zero-order chi connectivity index (χ0) is 15.5. The minimum atomic E-state index is -0.305. The van der Waals surface area contributed by atoms with Crippen molar-refractivity contribution in [1.82, 2.24) is 5.32 Å². The van der Waals surface area contributed by atoms with Gasteiger partial charge in [0.05, 0.1) is 23.5 Å². The maximum Gasteiger partial charge on any atom is 0.251 e. The van der Waals surface area contributed by atoms with Crippen molar-refractivity contribution in [2.75, 3.05) is 24.7 Å². The summed E-state index contributed by atoms with van der Waals surface area (Å²) in [7, 11) is 1.59. The van der Waals surface area contributed by atoms with Crippen LogP contribution in [0, 0.1) is 5.92 Å². The predicted molar refractivity (Wildman–Crippen MR) is 85.3 cm³/mol.